The highest BCUT2D eigenvalue weighted by Crippen LogP contribution is 2.20. The van der Waals surface area contributed by atoms with Crippen LogP contribution in [-0.4, -0.2) is 36.4 Å². The zero-order valence-electron chi connectivity index (χ0n) is 15.9. The zero-order valence-corrected chi connectivity index (χ0v) is 15.9. The fourth-order valence-corrected chi connectivity index (χ4v) is 3.04. The highest BCUT2D eigenvalue weighted by molar-refractivity contribution is 6.03. The van der Waals surface area contributed by atoms with Gasteiger partial charge in [0.25, 0.3) is 0 Å². The number of benzene rings is 1. The second kappa shape index (κ2) is 8.27. The van der Waals surface area contributed by atoms with Crippen molar-refractivity contribution in [1.82, 2.24) is 4.98 Å². The first-order valence-corrected chi connectivity index (χ1v) is 8.74. The van der Waals surface area contributed by atoms with Crippen molar-refractivity contribution in [2.45, 2.75) is 40.3 Å². The fourth-order valence-electron chi connectivity index (χ4n) is 3.04. The van der Waals surface area contributed by atoms with Gasteiger partial charge in [-0.15, -0.1) is 0 Å². The summed E-state index contributed by atoms with van der Waals surface area (Å²) in [4.78, 5) is 28.9. The Kier molecular flexibility index (Phi) is 6.32. The third kappa shape index (κ3) is 4.02. The van der Waals surface area contributed by atoms with Crippen molar-refractivity contribution < 1.29 is 23.6 Å². The van der Waals surface area contributed by atoms with E-state index in [1.54, 1.807) is 45.9 Å². The van der Waals surface area contributed by atoms with Crippen LogP contribution >= 0.6 is 0 Å². The maximum Gasteiger partial charge on any atom is 0.340 e. The third-order valence-electron chi connectivity index (χ3n) is 4.72. The van der Waals surface area contributed by atoms with Crippen molar-refractivity contribution in [2.75, 3.05) is 13.7 Å². The molecule has 2 N–H and O–H groups in total. The van der Waals surface area contributed by atoms with Crippen molar-refractivity contribution in [3.63, 3.8) is 0 Å². The Balaban J connectivity index is 2.21. The number of Topliss-reactive ketones (excluding diaryl/α,β-unsaturated/α-hetero) is 1. The van der Waals surface area contributed by atoms with Crippen LogP contribution in [0.2, 0.25) is 0 Å². The summed E-state index contributed by atoms with van der Waals surface area (Å²) in [5.74, 6) is -0.824. The smallest absolute Gasteiger partial charge is 0.340 e. The van der Waals surface area contributed by atoms with Gasteiger partial charge in [0.1, 0.15) is 12.4 Å². The minimum Gasteiger partial charge on any atom is -0.462 e. The monoisotopic (exact) mass is 361 g/mol. The van der Waals surface area contributed by atoms with Gasteiger partial charge in [-0.2, -0.15) is 0 Å². The van der Waals surface area contributed by atoms with E-state index in [1.807, 2.05) is 7.05 Å². The summed E-state index contributed by atoms with van der Waals surface area (Å²) < 4.78 is 18.9. The molecule has 26 heavy (non-hydrogen) atoms. The molecule has 2 aromatic rings. The number of aromatic amines is 1. The molecule has 0 aliphatic carbocycles. The standard InChI is InChI=1S/C20H25FN2O3/c1-6-26-20(25)17-12(2)18(22-13(17)3)19(24)14(4)23(5)11-15-9-7-8-10-16(15)21/h7-10,14,22H,6,11H2,1-5H3/p+1/t14-/m0/s1. The number of aryl methyl sites for hydroxylation is 1. The van der Waals surface area contributed by atoms with E-state index in [-0.39, 0.29) is 18.2 Å². The molecule has 1 aromatic heterocycles. The summed E-state index contributed by atoms with van der Waals surface area (Å²) in [6.45, 7) is 7.70. The van der Waals surface area contributed by atoms with Gasteiger partial charge in [0.2, 0.25) is 5.78 Å². The summed E-state index contributed by atoms with van der Waals surface area (Å²) in [5, 5.41) is 0. The summed E-state index contributed by atoms with van der Waals surface area (Å²) in [5.41, 5.74) is 2.59. The molecule has 0 aliphatic heterocycles. The van der Waals surface area contributed by atoms with Crippen molar-refractivity contribution in [3.8, 4) is 0 Å². The maximum absolute atomic E-state index is 13.9. The van der Waals surface area contributed by atoms with Crippen LogP contribution in [0, 0.1) is 19.7 Å². The first-order valence-electron chi connectivity index (χ1n) is 8.74. The van der Waals surface area contributed by atoms with E-state index < -0.39 is 12.0 Å². The lowest BCUT2D eigenvalue weighted by Crippen LogP contribution is -3.12. The molecule has 2 atom stereocenters. The first kappa shape index (κ1) is 19.8. The van der Waals surface area contributed by atoms with Crippen molar-refractivity contribution >= 4 is 11.8 Å². The lowest BCUT2D eigenvalue weighted by atomic mass is 10.0. The van der Waals surface area contributed by atoms with E-state index in [2.05, 4.69) is 4.98 Å². The normalized spacial score (nSPS) is 13.3. The number of nitrogens with one attached hydrogen (secondary N) is 2. The molecule has 0 spiro atoms. The molecule has 1 aromatic carbocycles. The molecule has 0 saturated heterocycles. The van der Waals surface area contributed by atoms with Gasteiger partial charge in [-0.05, 0) is 39.3 Å². The molecule has 140 valence electrons. The number of carbonyl (C=O) groups excluding carboxylic acids is 2. The van der Waals surface area contributed by atoms with Crippen LogP contribution in [0.5, 0.6) is 0 Å². The zero-order chi connectivity index (χ0) is 19.4. The van der Waals surface area contributed by atoms with Crippen molar-refractivity contribution in [3.05, 3.63) is 58.2 Å². The maximum atomic E-state index is 13.9. The van der Waals surface area contributed by atoms with E-state index in [0.29, 0.717) is 34.6 Å². The Morgan fingerprint density at radius 1 is 1.27 bits per heavy atom. The largest absolute Gasteiger partial charge is 0.462 e. The number of H-pyrrole nitrogens is 1. The van der Waals surface area contributed by atoms with Gasteiger partial charge >= 0.3 is 5.97 Å². The first-order chi connectivity index (χ1) is 12.3. The molecule has 0 bridgehead atoms. The van der Waals surface area contributed by atoms with E-state index in [0.717, 1.165) is 4.90 Å². The van der Waals surface area contributed by atoms with E-state index in [4.69, 9.17) is 4.74 Å². The number of rotatable bonds is 7. The molecule has 0 fully saturated rings. The van der Waals surface area contributed by atoms with Gasteiger partial charge in [0.15, 0.2) is 6.04 Å². The Morgan fingerprint density at radius 3 is 2.54 bits per heavy atom. The van der Waals surface area contributed by atoms with Crippen LogP contribution in [0.1, 0.15) is 51.5 Å². The topological polar surface area (TPSA) is 63.6 Å². The lowest BCUT2D eigenvalue weighted by Gasteiger charge is -2.21. The minimum atomic E-state index is -0.433. The number of hydrogen-bond acceptors (Lipinski definition) is 3. The average molecular weight is 361 g/mol. The SMILES string of the molecule is CCOC(=O)c1c(C)[nH]c(C(=O)[C@H](C)[NH+](C)Cc2ccccc2F)c1C. The van der Waals surface area contributed by atoms with E-state index >= 15 is 0 Å². The fraction of sp³-hybridized carbons (Fsp3) is 0.400. The van der Waals surface area contributed by atoms with E-state index in [9.17, 15) is 14.0 Å². The predicted octanol–water partition coefficient (Wildman–Crippen LogP) is 2.23. The number of quaternary nitrogens is 1. The number of hydrogen-bond donors (Lipinski definition) is 2. The van der Waals surface area contributed by atoms with Gasteiger partial charge in [-0.1, -0.05) is 18.2 Å². The summed E-state index contributed by atoms with van der Waals surface area (Å²) in [6.07, 6.45) is 0. The highest BCUT2D eigenvalue weighted by atomic mass is 19.1. The molecule has 0 radical (unpaired) electrons. The molecular formula is C20H26FN2O3+. The molecule has 5 nitrogen and oxygen atoms in total. The van der Waals surface area contributed by atoms with Gasteiger partial charge in [0, 0.05) is 11.3 Å². The average Bonchev–Trinajstić information content (AvgIpc) is 2.90. The number of carbonyl (C=O) groups is 2. The number of likely N-dealkylation sites (N-methyl/N-ethyl adjacent to an activating group) is 1. The highest BCUT2D eigenvalue weighted by Gasteiger charge is 2.29. The van der Waals surface area contributed by atoms with Crippen LogP contribution in [0.15, 0.2) is 24.3 Å². The van der Waals surface area contributed by atoms with Gasteiger partial charge in [0.05, 0.1) is 24.9 Å². The van der Waals surface area contributed by atoms with Gasteiger partial charge in [-0.3, -0.25) is 4.79 Å². The van der Waals surface area contributed by atoms with Crippen LogP contribution in [0.25, 0.3) is 0 Å². The summed E-state index contributed by atoms with van der Waals surface area (Å²) >= 11 is 0. The van der Waals surface area contributed by atoms with Crippen LogP contribution in [0.4, 0.5) is 4.39 Å². The number of halogens is 1. The predicted molar refractivity (Wildman–Crippen MR) is 97.0 cm³/mol. The Bertz CT molecular complexity index is 813. The quantitative estimate of drug-likeness (QED) is 0.587. The summed E-state index contributed by atoms with van der Waals surface area (Å²) in [6, 6.07) is 6.16. The van der Waals surface area contributed by atoms with Crippen LogP contribution in [-0.2, 0) is 11.3 Å². The minimum absolute atomic E-state index is 0.116. The molecular weight excluding hydrogens is 335 g/mol. The molecule has 2 rings (SSSR count). The van der Waals surface area contributed by atoms with E-state index in [1.165, 1.54) is 6.07 Å². The molecule has 1 heterocycles. The lowest BCUT2D eigenvalue weighted by molar-refractivity contribution is -0.907. The molecule has 0 saturated carbocycles. The Morgan fingerprint density at radius 2 is 1.92 bits per heavy atom. The van der Waals surface area contributed by atoms with Crippen LogP contribution in [0.3, 0.4) is 0 Å². The Labute approximate surface area is 153 Å². The number of esters is 1. The van der Waals surface area contributed by atoms with Crippen molar-refractivity contribution in [1.29, 1.82) is 0 Å². The van der Waals surface area contributed by atoms with Crippen molar-refractivity contribution in [2.24, 2.45) is 0 Å². The molecule has 6 heteroatoms. The van der Waals surface area contributed by atoms with Gasteiger partial charge < -0.3 is 14.6 Å². The van der Waals surface area contributed by atoms with Crippen LogP contribution < -0.4 is 4.90 Å². The third-order valence-corrected chi connectivity index (χ3v) is 4.72. The number of ether oxygens (including phenoxy) is 1. The number of ketones is 1. The molecule has 0 amide bonds. The van der Waals surface area contributed by atoms with Gasteiger partial charge in [-0.25, -0.2) is 9.18 Å². The second-order valence-corrected chi connectivity index (χ2v) is 6.55. The number of aromatic nitrogens is 1. The Hall–Kier alpha value is -2.47. The molecule has 1 unspecified atom stereocenters. The molecule has 0 aliphatic rings. The summed E-state index contributed by atoms with van der Waals surface area (Å²) in [7, 11) is 1.85. The second-order valence-electron chi connectivity index (χ2n) is 6.55.